The van der Waals surface area contributed by atoms with E-state index in [1.54, 1.807) is 7.11 Å². The first-order valence-electron chi connectivity index (χ1n) is 7.64. The van der Waals surface area contributed by atoms with E-state index in [0.717, 1.165) is 33.9 Å². The van der Waals surface area contributed by atoms with Crippen LogP contribution in [0, 0.1) is 0 Å². The zero-order valence-electron chi connectivity index (χ0n) is 13.1. The first-order valence-corrected chi connectivity index (χ1v) is 8.02. The Morgan fingerprint density at radius 3 is 2.29 bits per heavy atom. The summed E-state index contributed by atoms with van der Waals surface area (Å²) in [6.45, 7) is 0. The van der Waals surface area contributed by atoms with E-state index in [0.29, 0.717) is 5.02 Å². The molecule has 3 aromatic carbocycles. The third-order valence-corrected chi connectivity index (χ3v) is 4.25. The minimum absolute atomic E-state index is 0.714. The fourth-order valence-electron chi connectivity index (χ4n) is 2.81. The SMILES string of the molecule is COc1ccc(-n2c(-c3ccc(Cl)cc3)nc3ccccc32)cc1. The Morgan fingerprint density at radius 1 is 0.875 bits per heavy atom. The number of ether oxygens (including phenoxy) is 1. The number of hydrogen-bond acceptors (Lipinski definition) is 2. The second-order valence-electron chi connectivity index (χ2n) is 5.46. The highest BCUT2D eigenvalue weighted by atomic mass is 35.5. The minimum atomic E-state index is 0.714. The zero-order chi connectivity index (χ0) is 16.5. The van der Waals surface area contributed by atoms with Crippen LogP contribution in [0.2, 0.25) is 5.02 Å². The average molecular weight is 335 g/mol. The van der Waals surface area contributed by atoms with Crippen LogP contribution in [0.3, 0.4) is 0 Å². The molecule has 0 N–H and O–H groups in total. The Hall–Kier alpha value is -2.78. The molecule has 0 amide bonds. The smallest absolute Gasteiger partial charge is 0.145 e. The topological polar surface area (TPSA) is 27.1 Å². The summed E-state index contributed by atoms with van der Waals surface area (Å²) in [5.41, 5.74) is 4.08. The third kappa shape index (κ3) is 2.53. The molecule has 0 bridgehead atoms. The van der Waals surface area contributed by atoms with Crippen LogP contribution < -0.4 is 4.74 Å². The highest BCUT2D eigenvalue weighted by molar-refractivity contribution is 6.30. The van der Waals surface area contributed by atoms with Gasteiger partial charge in [0.1, 0.15) is 11.6 Å². The summed E-state index contributed by atoms with van der Waals surface area (Å²) >= 11 is 6.03. The molecule has 0 aliphatic rings. The molecule has 3 nitrogen and oxygen atoms in total. The lowest BCUT2D eigenvalue weighted by Crippen LogP contribution is -1.97. The van der Waals surface area contributed by atoms with E-state index in [2.05, 4.69) is 10.6 Å². The van der Waals surface area contributed by atoms with E-state index < -0.39 is 0 Å². The predicted molar refractivity (Wildman–Crippen MR) is 98.1 cm³/mol. The van der Waals surface area contributed by atoms with Crippen LogP contribution in [0.4, 0.5) is 0 Å². The molecule has 0 saturated heterocycles. The summed E-state index contributed by atoms with van der Waals surface area (Å²) < 4.78 is 7.41. The van der Waals surface area contributed by atoms with Gasteiger partial charge < -0.3 is 4.74 Å². The molecule has 0 atom stereocenters. The van der Waals surface area contributed by atoms with Gasteiger partial charge in [0.05, 0.1) is 18.1 Å². The lowest BCUT2D eigenvalue weighted by molar-refractivity contribution is 0.415. The second kappa shape index (κ2) is 6.02. The number of rotatable bonds is 3. The molecule has 0 radical (unpaired) electrons. The van der Waals surface area contributed by atoms with Crippen molar-refractivity contribution in [1.29, 1.82) is 0 Å². The number of methoxy groups -OCH3 is 1. The molecular weight excluding hydrogens is 320 g/mol. The van der Waals surface area contributed by atoms with Crippen LogP contribution >= 0.6 is 11.6 Å². The summed E-state index contributed by atoms with van der Waals surface area (Å²) in [5.74, 6) is 1.72. The van der Waals surface area contributed by atoms with Crippen LogP contribution in [-0.2, 0) is 0 Å². The van der Waals surface area contributed by atoms with Crippen molar-refractivity contribution in [2.75, 3.05) is 7.11 Å². The molecule has 118 valence electrons. The maximum Gasteiger partial charge on any atom is 0.145 e. The number of aromatic nitrogens is 2. The Morgan fingerprint density at radius 2 is 1.58 bits per heavy atom. The molecular formula is C20H15ClN2O. The summed E-state index contributed by atoms with van der Waals surface area (Å²) in [6.07, 6.45) is 0. The van der Waals surface area contributed by atoms with Crippen molar-refractivity contribution in [3.63, 3.8) is 0 Å². The van der Waals surface area contributed by atoms with Gasteiger partial charge in [0.15, 0.2) is 0 Å². The number of imidazole rings is 1. The van der Waals surface area contributed by atoms with Crippen LogP contribution in [-0.4, -0.2) is 16.7 Å². The fourth-order valence-corrected chi connectivity index (χ4v) is 2.94. The van der Waals surface area contributed by atoms with Crippen molar-refractivity contribution in [1.82, 2.24) is 9.55 Å². The van der Waals surface area contributed by atoms with Gasteiger partial charge in [0, 0.05) is 16.3 Å². The number of fused-ring (bicyclic) bond motifs is 1. The highest BCUT2D eigenvalue weighted by Gasteiger charge is 2.14. The second-order valence-corrected chi connectivity index (χ2v) is 5.90. The Kier molecular flexibility index (Phi) is 3.71. The largest absolute Gasteiger partial charge is 0.497 e. The van der Waals surface area contributed by atoms with Gasteiger partial charge in [-0.15, -0.1) is 0 Å². The molecule has 0 saturated carbocycles. The van der Waals surface area contributed by atoms with Gasteiger partial charge in [-0.1, -0.05) is 23.7 Å². The lowest BCUT2D eigenvalue weighted by atomic mass is 10.2. The Labute approximate surface area is 145 Å². The molecule has 24 heavy (non-hydrogen) atoms. The molecule has 4 heteroatoms. The van der Waals surface area contributed by atoms with Gasteiger partial charge in [0.2, 0.25) is 0 Å². The molecule has 4 aromatic rings. The number of hydrogen-bond donors (Lipinski definition) is 0. The van der Waals surface area contributed by atoms with Crippen LogP contribution in [0.15, 0.2) is 72.8 Å². The summed E-state index contributed by atoms with van der Waals surface area (Å²) in [6, 6.07) is 23.8. The molecule has 1 aromatic heterocycles. The monoisotopic (exact) mass is 334 g/mol. The van der Waals surface area contributed by atoms with E-state index in [4.69, 9.17) is 21.3 Å². The number of benzene rings is 3. The molecule has 0 fully saturated rings. The number of halogens is 1. The standard InChI is InChI=1S/C20H15ClN2O/c1-24-17-12-10-16(11-13-17)23-19-5-3-2-4-18(19)22-20(23)14-6-8-15(21)9-7-14/h2-13H,1H3. The number of para-hydroxylation sites is 2. The molecule has 0 spiro atoms. The molecule has 4 rings (SSSR count). The van der Waals surface area contributed by atoms with Crippen molar-refractivity contribution >= 4 is 22.6 Å². The third-order valence-electron chi connectivity index (χ3n) is 3.99. The quantitative estimate of drug-likeness (QED) is 0.504. The normalized spacial score (nSPS) is 10.9. The van der Waals surface area contributed by atoms with Gasteiger partial charge in [-0.25, -0.2) is 4.98 Å². The molecule has 0 aliphatic carbocycles. The fraction of sp³-hybridized carbons (Fsp3) is 0.0500. The van der Waals surface area contributed by atoms with Crippen LogP contribution in [0.25, 0.3) is 28.1 Å². The van der Waals surface area contributed by atoms with E-state index in [9.17, 15) is 0 Å². The zero-order valence-corrected chi connectivity index (χ0v) is 13.9. The van der Waals surface area contributed by atoms with E-state index >= 15 is 0 Å². The predicted octanol–water partition coefficient (Wildman–Crippen LogP) is 5.35. The van der Waals surface area contributed by atoms with E-state index in [1.165, 1.54) is 0 Å². The van der Waals surface area contributed by atoms with Crippen molar-refractivity contribution in [2.24, 2.45) is 0 Å². The van der Waals surface area contributed by atoms with Crippen molar-refractivity contribution in [2.45, 2.75) is 0 Å². The minimum Gasteiger partial charge on any atom is -0.497 e. The maximum absolute atomic E-state index is 6.03. The van der Waals surface area contributed by atoms with Gasteiger partial charge in [-0.05, 0) is 60.7 Å². The lowest BCUT2D eigenvalue weighted by Gasteiger charge is -2.10. The van der Waals surface area contributed by atoms with Crippen LogP contribution in [0.5, 0.6) is 5.75 Å². The molecule has 0 aliphatic heterocycles. The first-order chi connectivity index (χ1) is 11.8. The molecule has 0 unspecified atom stereocenters. The Balaban J connectivity index is 1.97. The van der Waals surface area contributed by atoms with E-state index in [-0.39, 0.29) is 0 Å². The van der Waals surface area contributed by atoms with Crippen molar-refractivity contribution in [3.05, 3.63) is 77.8 Å². The highest BCUT2D eigenvalue weighted by Crippen LogP contribution is 2.30. The van der Waals surface area contributed by atoms with Crippen molar-refractivity contribution < 1.29 is 4.74 Å². The van der Waals surface area contributed by atoms with Crippen molar-refractivity contribution in [3.8, 4) is 22.8 Å². The summed E-state index contributed by atoms with van der Waals surface area (Å²) in [4.78, 5) is 4.82. The maximum atomic E-state index is 6.03. The van der Waals surface area contributed by atoms with Gasteiger partial charge >= 0.3 is 0 Å². The van der Waals surface area contributed by atoms with Crippen LogP contribution in [0.1, 0.15) is 0 Å². The van der Waals surface area contributed by atoms with E-state index in [1.807, 2.05) is 66.7 Å². The summed E-state index contributed by atoms with van der Waals surface area (Å²) in [7, 11) is 1.67. The van der Waals surface area contributed by atoms with Gasteiger partial charge in [-0.3, -0.25) is 4.57 Å². The summed E-state index contributed by atoms with van der Waals surface area (Å²) in [5, 5.41) is 0.714. The number of nitrogens with zero attached hydrogens (tertiary/aromatic N) is 2. The Bertz CT molecular complexity index is 989. The van der Waals surface area contributed by atoms with Gasteiger partial charge in [-0.2, -0.15) is 0 Å². The first kappa shape index (κ1) is 14.8. The molecule has 1 heterocycles. The van der Waals surface area contributed by atoms with Gasteiger partial charge in [0.25, 0.3) is 0 Å². The average Bonchev–Trinajstić information content (AvgIpc) is 3.02.